The molecule has 6 nitrogen and oxygen atoms in total. The van der Waals surface area contributed by atoms with Crippen molar-refractivity contribution in [2.24, 2.45) is 0 Å². The third-order valence-corrected chi connectivity index (χ3v) is 6.35. The fourth-order valence-corrected chi connectivity index (χ4v) is 5.09. The fraction of sp³-hybridized carbons (Fsp3) is 0.227. The first-order valence-electron chi connectivity index (χ1n) is 9.54. The topological polar surface area (TPSA) is 84.2 Å². The first-order valence-corrected chi connectivity index (χ1v) is 10.5. The zero-order valence-corrected chi connectivity index (χ0v) is 16.6. The second-order valence-corrected chi connectivity index (χ2v) is 8.15. The lowest BCUT2D eigenvalue weighted by Gasteiger charge is -2.32. The average molecular weight is 405 g/mol. The average Bonchev–Trinajstić information content (AvgIpc) is 3.35. The quantitative estimate of drug-likeness (QED) is 0.670. The van der Waals surface area contributed by atoms with E-state index in [0.29, 0.717) is 12.1 Å². The summed E-state index contributed by atoms with van der Waals surface area (Å²) >= 11 is 1.60. The van der Waals surface area contributed by atoms with Gasteiger partial charge in [-0.15, -0.1) is 0 Å². The van der Waals surface area contributed by atoms with Crippen LogP contribution in [-0.2, 0) is 4.79 Å². The number of Topliss-reactive ketones (excluding diaryl/α,β-unsaturated/α-hetero) is 1. The number of fused-ring (bicyclic) bond motifs is 1. The Hall–Kier alpha value is -3.19. The number of para-hydroxylation sites is 1. The van der Waals surface area contributed by atoms with Gasteiger partial charge in [0.15, 0.2) is 5.78 Å². The Kier molecular flexibility index (Phi) is 4.13. The molecule has 146 valence electrons. The van der Waals surface area contributed by atoms with E-state index in [4.69, 9.17) is 5.10 Å². The minimum Gasteiger partial charge on any atom is -0.478 e. The molecule has 1 aliphatic carbocycles. The molecule has 2 aromatic heterocycles. The van der Waals surface area contributed by atoms with Gasteiger partial charge < -0.3 is 10.4 Å². The van der Waals surface area contributed by atoms with Crippen molar-refractivity contribution >= 4 is 28.9 Å². The van der Waals surface area contributed by atoms with Crippen LogP contribution in [0, 0.1) is 6.92 Å². The summed E-state index contributed by atoms with van der Waals surface area (Å²) in [7, 11) is 0. The summed E-state index contributed by atoms with van der Waals surface area (Å²) in [5, 5.41) is 21.9. The maximum Gasteiger partial charge on any atom is 0.337 e. The van der Waals surface area contributed by atoms with Gasteiger partial charge in [-0.1, -0.05) is 12.1 Å². The van der Waals surface area contributed by atoms with E-state index >= 15 is 0 Å². The van der Waals surface area contributed by atoms with Crippen molar-refractivity contribution in [2.75, 3.05) is 5.32 Å². The standard InChI is InChI=1S/C22H19N3O3S/c1-12-18-19(13-9-10-29-11-13)20-15(6-4-8-17(20)26)23-21(18)25(24-12)16-7-3-2-5-14(16)22(27)28/h2-3,5,7,9-11,19,23H,4,6,8H2,1H3,(H,27,28)/t19-/m0/s1. The van der Waals surface area contributed by atoms with Crippen molar-refractivity contribution in [2.45, 2.75) is 32.1 Å². The van der Waals surface area contributed by atoms with Gasteiger partial charge in [-0.25, -0.2) is 9.48 Å². The maximum atomic E-state index is 12.9. The Balaban J connectivity index is 1.77. The number of aromatic carboxylic acids is 1. The van der Waals surface area contributed by atoms with E-state index in [1.54, 1.807) is 40.3 Å². The van der Waals surface area contributed by atoms with Crippen LogP contribution >= 0.6 is 11.3 Å². The van der Waals surface area contributed by atoms with Gasteiger partial charge in [0, 0.05) is 29.2 Å². The molecule has 2 N–H and O–H groups in total. The number of allylic oxidation sites excluding steroid dienone is 2. The van der Waals surface area contributed by atoms with Gasteiger partial charge in [-0.2, -0.15) is 16.4 Å². The monoisotopic (exact) mass is 405 g/mol. The number of carboxylic acids is 1. The molecule has 0 unspecified atom stereocenters. The molecule has 0 fully saturated rings. The van der Waals surface area contributed by atoms with Crippen LogP contribution in [0.25, 0.3) is 5.69 Å². The zero-order chi connectivity index (χ0) is 20.1. The van der Waals surface area contributed by atoms with Gasteiger partial charge in [0.25, 0.3) is 0 Å². The van der Waals surface area contributed by atoms with Crippen LogP contribution in [0.5, 0.6) is 0 Å². The van der Waals surface area contributed by atoms with Gasteiger partial charge in [0.1, 0.15) is 5.82 Å². The minimum absolute atomic E-state index is 0.175. The molecule has 3 aromatic rings. The molecule has 2 aliphatic rings. The number of carboxylic acid groups (broad SMARTS) is 1. The van der Waals surface area contributed by atoms with Crippen LogP contribution in [0.4, 0.5) is 5.82 Å². The Morgan fingerprint density at radius 3 is 2.86 bits per heavy atom. The predicted octanol–water partition coefficient (Wildman–Crippen LogP) is 4.50. The lowest BCUT2D eigenvalue weighted by molar-refractivity contribution is -0.116. The van der Waals surface area contributed by atoms with Crippen molar-refractivity contribution < 1.29 is 14.7 Å². The highest BCUT2D eigenvalue weighted by molar-refractivity contribution is 7.08. The highest BCUT2D eigenvalue weighted by Gasteiger charge is 2.39. The fourth-order valence-electron chi connectivity index (χ4n) is 4.41. The second-order valence-electron chi connectivity index (χ2n) is 7.37. The zero-order valence-electron chi connectivity index (χ0n) is 15.8. The second kappa shape index (κ2) is 6.70. The molecule has 0 amide bonds. The third kappa shape index (κ3) is 2.73. The summed E-state index contributed by atoms with van der Waals surface area (Å²) in [6.07, 6.45) is 2.17. The molecular formula is C22H19N3O3S. The highest BCUT2D eigenvalue weighted by atomic mass is 32.1. The summed E-state index contributed by atoms with van der Waals surface area (Å²) in [5.41, 5.74) is 5.26. The van der Waals surface area contributed by atoms with Crippen LogP contribution < -0.4 is 5.32 Å². The highest BCUT2D eigenvalue weighted by Crippen LogP contribution is 2.47. The molecule has 0 saturated heterocycles. The van der Waals surface area contributed by atoms with Gasteiger partial charge in [-0.3, -0.25) is 4.79 Å². The molecule has 29 heavy (non-hydrogen) atoms. The summed E-state index contributed by atoms with van der Waals surface area (Å²) in [6.45, 7) is 1.92. The number of anilines is 1. The van der Waals surface area contributed by atoms with Crippen LogP contribution in [0.15, 0.2) is 52.4 Å². The van der Waals surface area contributed by atoms with Gasteiger partial charge in [0.05, 0.1) is 16.9 Å². The Morgan fingerprint density at radius 1 is 1.28 bits per heavy atom. The number of aryl methyl sites for hydroxylation is 1. The molecular weight excluding hydrogens is 386 g/mol. The van der Waals surface area contributed by atoms with E-state index in [2.05, 4.69) is 16.8 Å². The Labute approximate surface area is 171 Å². The first kappa shape index (κ1) is 17.9. The lowest BCUT2D eigenvalue weighted by atomic mass is 9.77. The molecule has 7 heteroatoms. The van der Waals surface area contributed by atoms with Crippen molar-refractivity contribution in [1.82, 2.24) is 9.78 Å². The normalized spacial score (nSPS) is 18.2. The molecule has 0 spiro atoms. The number of carbonyl (C=O) groups excluding carboxylic acids is 1. The van der Waals surface area contributed by atoms with E-state index < -0.39 is 5.97 Å². The van der Waals surface area contributed by atoms with Crippen molar-refractivity contribution in [3.8, 4) is 5.69 Å². The van der Waals surface area contributed by atoms with E-state index in [1.165, 1.54) is 0 Å². The predicted molar refractivity (Wildman–Crippen MR) is 111 cm³/mol. The molecule has 0 radical (unpaired) electrons. The maximum absolute atomic E-state index is 12.9. The largest absolute Gasteiger partial charge is 0.478 e. The Morgan fingerprint density at radius 2 is 2.10 bits per heavy atom. The van der Waals surface area contributed by atoms with E-state index in [0.717, 1.165) is 46.8 Å². The van der Waals surface area contributed by atoms with E-state index in [1.807, 2.05) is 12.3 Å². The molecule has 0 bridgehead atoms. The van der Waals surface area contributed by atoms with Crippen molar-refractivity contribution in [1.29, 1.82) is 0 Å². The number of thiophene rings is 1. The summed E-state index contributed by atoms with van der Waals surface area (Å²) in [4.78, 5) is 24.7. The van der Waals surface area contributed by atoms with E-state index in [9.17, 15) is 14.7 Å². The number of carbonyl (C=O) groups is 2. The van der Waals surface area contributed by atoms with Gasteiger partial charge in [0.2, 0.25) is 0 Å². The van der Waals surface area contributed by atoms with Gasteiger partial charge in [-0.05, 0) is 54.3 Å². The molecule has 1 aromatic carbocycles. The number of nitrogens with one attached hydrogen (secondary N) is 1. The molecule has 1 atom stereocenters. The number of nitrogens with zero attached hydrogens (tertiary/aromatic N) is 2. The number of ketones is 1. The van der Waals surface area contributed by atoms with Gasteiger partial charge >= 0.3 is 5.97 Å². The van der Waals surface area contributed by atoms with Crippen molar-refractivity contribution in [3.05, 3.63) is 74.7 Å². The first-order chi connectivity index (χ1) is 14.1. The molecule has 1 aliphatic heterocycles. The van der Waals surface area contributed by atoms with Crippen LogP contribution in [0.2, 0.25) is 0 Å². The number of benzene rings is 1. The van der Waals surface area contributed by atoms with E-state index in [-0.39, 0.29) is 17.3 Å². The molecule has 5 rings (SSSR count). The SMILES string of the molecule is Cc1nn(-c2ccccc2C(=O)O)c2c1[C@H](c1ccsc1)C1=C(CCCC1=O)N2. The third-order valence-electron chi connectivity index (χ3n) is 5.65. The lowest BCUT2D eigenvalue weighted by Crippen LogP contribution is -2.27. The summed E-state index contributed by atoms with van der Waals surface area (Å²) in [5.74, 6) is -0.244. The van der Waals surface area contributed by atoms with Crippen LogP contribution in [-0.4, -0.2) is 26.6 Å². The summed E-state index contributed by atoms with van der Waals surface area (Å²) in [6, 6.07) is 8.90. The number of rotatable bonds is 3. The summed E-state index contributed by atoms with van der Waals surface area (Å²) < 4.78 is 1.68. The van der Waals surface area contributed by atoms with Crippen molar-refractivity contribution in [3.63, 3.8) is 0 Å². The van der Waals surface area contributed by atoms with Crippen LogP contribution in [0.1, 0.15) is 52.4 Å². The molecule has 3 heterocycles. The van der Waals surface area contributed by atoms with Crippen LogP contribution in [0.3, 0.4) is 0 Å². The number of hydrogen-bond acceptors (Lipinski definition) is 5. The molecule has 0 saturated carbocycles. The smallest absolute Gasteiger partial charge is 0.337 e. The minimum atomic E-state index is -1.000. The Bertz CT molecular complexity index is 1170. The number of hydrogen-bond donors (Lipinski definition) is 2. The number of aromatic nitrogens is 2.